The van der Waals surface area contributed by atoms with Crippen molar-refractivity contribution in [3.63, 3.8) is 0 Å². The summed E-state index contributed by atoms with van der Waals surface area (Å²) in [7, 11) is 0. The lowest BCUT2D eigenvalue weighted by atomic mass is 10.1. The van der Waals surface area contributed by atoms with Crippen molar-refractivity contribution in [3.05, 3.63) is 22.3 Å². The van der Waals surface area contributed by atoms with Gasteiger partial charge in [-0.1, -0.05) is 11.1 Å². The van der Waals surface area contributed by atoms with Crippen LogP contribution in [0.5, 0.6) is 0 Å². The fraction of sp³-hybridized carbons (Fsp3) is 0.444. The van der Waals surface area contributed by atoms with Gasteiger partial charge in [-0.15, -0.1) is 0 Å². The monoisotopic (exact) mass is 133 g/mol. The number of allylic oxidation sites excluding steroid dienone is 4. The van der Waals surface area contributed by atoms with Gasteiger partial charge in [0.2, 0.25) is 0 Å². The van der Waals surface area contributed by atoms with Crippen LogP contribution in [0.1, 0.15) is 27.2 Å². The largest absolute Gasteiger partial charge is 0.192 e. The maximum absolute atomic E-state index is 8.68. The normalized spacial score (nSPS) is 18.2. The van der Waals surface area contributed by atoms with Gasteiger partial charge in [-0.25, -0.2) is 0 Å². The van der Waals surface area contributed by atoms with Crippen LogP contribution < -0.4 is 0 Å². The number of nitriles is 1. The predicted molar refractivity (Wildman–Crippen MR) is 41.3 cm³/mol. The van der Waals surface area contributed by atoms with Crippen molar-refractivity contribution in [2.45, 2.75) is 27.2 Å². The molecule has 0 unspecified atom stereocenters. The van der Waals surface area contributed by atoms with Crippen molar-refractivity contribution in [3.8, 4) is 6.07 Å². The lowest BCUT2D eigenvalue weighted by Gasteiger charge is -1.91. The zero-order chi connectivity index (χ0) is 7.72. The predicted octanol–water partition coefficient (Wildman–Crippen LogP) is 2.57. The van der Waals surface area contributed by atoms with Gasteiger partial charge in [-0.2, -0.15) is 5.26 Å². The lowest BCUT2D eigenvalue weighted by molar-refractivity contribution is 1.14. The smallest absolute Gasteiger partial charge is 0.0993 e. The quantitative estimate of drug-likeness (QED) is 0.498. The number of hydrogen-bond donors (Lipinski definition) is 0. The van der Waals surface area contributed by atoms with Gasteiger partial charge in [-0.05, 0) is 32.8 Å². The third-order valence-corrected chi connectivity index (χ3v) is 2.08. The topological polar surface area (TPSA) is 23.8 Å². The zero-order valence-electron chi connectivity index (χ0n) is 6.65. The van der Waals surface area contributed by atoms with Crippen LogP contribution in [-0.2, 0) is 0 Å². The van der Waals surface area contributed by atoms with Crippen molar-refractivity contribution in [1.82, 2.24) is 0 Å². The van der Waals surface area contributed by atoms with Gasteiger partial charge in [0.15, 0.2) is 0 Å². The Morgan fingerprint density at radius 1 is 1.20 bits per heavy atom. The minimum absolute atomic E-state index is 0.900. The maximum atomic E-state index is 8.68. The van der Waals surface area contributed by atoms with Crippen molar-refractivity contribution >= 4 is 0 Å². The molecule has 1 nitrogen and oxygen atoms in total. The summed E-state index contributed by atoms with van der Waals surface area (Å²) >= 11 is 0. The molecule has 52 valence electrons. The van der Waals surface area contributed by atoms with Gasteiger partial charge < -0.3 is 0 Å². The van der Waals surface area contributed by atoms with E-state index in [0.717, 1.165) is 12.0 Å². The lowest BCUT2D eigenvalue weighted by Crippen LogP contribution is -1.78. The summed E-state index contributed by atoms with van der Waals surface area (Å²) in [6.45, 7) is 6.13. The molecule has 0 saturated heterocycles. The molecular weight excluding hydrogens is 122 g/mol. The van der Waals surface area contributed by atoms with Crippen molar-refractivity contribution < 1.29 is 0 Å². The van der Waals surface area contributed by atoms with Crippen LogP contribution in [-0.4, -0.2) is 0 Å². The Morgan fingerprint density at radius 2 is 1.80 bits per heavy atom. The summed E-state index contributed by atoms with van der Waals surface area (Å²) in [6.07, 6.45) is 0.995. The van der Waals surface area contributed by atoms with E-state index in [0.29, 0.717) is 0 Å². The number of rotatable bonds is 0. The van der Waals surface area contributed by atoms with Crippen LogP contribution >= 0.6 is 0 Å². The molecule has 0 aromatic heterocycles. The van der Waals surface area contributed by atoms with Crippen molar-refractivity contribution in [2.75, 3.05) is 0 Å². The summed E-state index contributed by atoms with van der Waals surface area (Å²) in [5.41, 5.74) is 4.64. The highest BCUT2D eigenvalue weighted by atomic mass is 14.3. The molecule has 0 heterocycles. The summed E-state index contributed by atoms with van der Waals surface area (Å²) in [6, 6.07) is 2.22. The molecule has 0 aliphatic heterocycles. The van der Waals surface area contributed by atoms with Gasteiger partial charge in [0.25, 0.3) is 0 Å². The van der Waals surface area contributed by atoms with Gasteiger partial charge >= 0.3 is 0 Å². The average Bonchev–Trinajstić information content (AvgIpc) is 2.09. The molecule has 0 radical (unpaired) electrons. The standard InChI is InChI=1S/C9H11N/c1-6-4-7(2)9(5-10)8(6)3/h4H2,1-3H3. The van der Waals surface area contributed by atoms with Gasteiger partial charge in [-0.3, -0.25) is 0 Å². The SMILES string of the molecule is CC1=C(C)C(C#N)=C(C)C1. The zero-order valence-corrected chi connectivity index (χ0v) is 6.65. The van der Waals surface area contributed by atoms with E-state index in [2.05, 4.69) is 13.0 Å². The second-order valence-electron chi connectivity index (χ2n) is 2.85. The molecule has 0 fully saturated rings. The minimum atomic E-state index is 0.900. The molecule has 10 heavy (non-hydrogen) atoms. The van der Waals surface area contributed by atoms with E-state index in [9.17, 15) is 0 Å². The Labute approximate surface area is 61.7 Å². The van der Waals surface area contributed by atoms with Crippen LogP contribution in [0.25, 0.3) is 0 Å². The molecule has 0 N–H and O–H groups in total. The second kappa shape index (κ2) is 2.30. The molecule has 0 aromatic carbocycles. The van der Waals surface area contributed by atoms with Gasteiger partial charge in [0.05, 0.1) is 11.6 Å². The van der Waals surface area contributed by atoms with Crippen LogP contribution in [0.4, 0.5) is 0 Å². The summed E-state index contributed by atoms with van der Waals surface area (Å²) in [5, 5.41) is 8.68. The molecule has 0 saturated carbocycles. The number of nitrogens with zero attached hydrogens (tertiary/aromatic N) is 1. The van der Waals surface area contributed by atoms with E-state index in [4.69, 9.17) is 5.26 Å². The Morgan fingerprint density at radius 3 is 2.00 bits per heavy atom. The van der Waals surface area contributed by atoms with Crippen molar-refractivity contribution in [2.24, 2.45) is 0 Å². The van der Waals surface area contributed by atoms with E-state index in [-0.39, 0.29) is 0 Å². The third-order valence-electron chi connectivity index (χ3n) is 2.08. The minimum Gasteiger partial charge on any atom is -0.192 e. The van der Waals surface area contributed by atoms with E-state index < -0.39 is 0 Å². The Bertz CT molecular complexity index is 261. The first-order valence-corrected chi connectivity index (χ1v) is 3.43. The maximum Gasteiger partial charge on any atom is 0.0993 e. The van der Waals surface area contributed by atoms with Crippen molar-refractivity contribution in [1.29, 1.82) is 5.26 Å². The fourth-order valence-corrected chi connectivity index (χ4v) is 1.33. The van der Waals surface area contributed by atoms with Crippen LogP contribution in [0.3, 0.4) is 0 Å². The van der Waals surface area contributed by atoms with E-state index in [1.165, 1.54) is 16.7 Å². The van der Waals surface area contributed by atoms with Crippen LogP contribution in [0, 0.1) is 11.3 Å². The summed E-state index contributed by atoms with van der Waals surface area (Å²) in [5.74, 6) is 0. The first kappa shape index (κ1) is 7.08. The van der Waals surface area contributed by atoms with Crippen LogP contribution in [0.2, 0.25) is 0 Å². The molecule has 0 spiro atoms. The highest BCUT2D eigenvalue weighted by Gasteiger charge is 2.14. The van der Waals surface area contributed by atoms with Gasteiger partial charge in [0, 0.05) is 0 Å². The highest BCUT2D eigenvalue weighted by molar-refractivity contribution is 5.52. The molecule has 0 bridgehead atoms. The van der Waals surface area contributed by atoms with E-state index in [1.54, 1.807) is 0 Å². The molecular formula is C9H11N. The summed E-state index contributed by atoms with van der Waals surface area (Å²) < 4.78 is 0. The molecule has 1 rings (SSSR count). The number of hydrogen-bond acceptors (Lipinski definition) is 1. The summed E-state index contributed by atoms with van der Waals surface area (Å²) in [4.78, 5) is 0. The third kappa shape index (κ3) is 0.863. The Hall–Kier alpha value is -1.03. The Kier molecular flexibility index (Phi) is 1.63. The highest BCUT2D eigenvalue weighted by Crippen LogP contribution is 2.30. The molecule has 0 atom stereocenters. The van der Waals surface area contributed by atoms with Crippen LogP contribution in [0.15, 0.2) is 22.3 Å². The fourth-order valence-electron chi connectivity index (χ4n) is 1.33. The molecule has 0 aromatic rings. The molecule has 1 aliphatic rings. The van der Waals surface area contributed by atoms with E-state index in [1.807, 2.05) is 13.8 Å². The molecule has 1 aliphatic carbocycles. The Balaban J connectivity index is 3.09. The van der Waals surface area contributed by atoms with Gasteiger partial charge in [0.1, 0.15) is 0 Å². The average molecular weight is 133 g/mol. The first-order chi connectivity index (χ1) is 4.66. The first-order valence-electron chi connectivity index (χ1n) is 3.43. The molecule has 1 heteroatoms. The second-order valence-corrected chi connectivity index (χ2v) is 2.85. The molecule has 0 amide bonds. The van der Waals surface area contributed by atoms with E-state index >= 15 is 0 Å².